The third-order valence-corrected chi connectivity index (χ3v) is 6.14. The van der Waals surface area contributed by atoms with E-state index in [4.69, 9.17) is 0 Å². The van der Waals surface area contributed by atoms with Gasteiger partial charge in [0, 0.05) is 24.6 Å². The average molecular weight is 410 g/mol. The highest BCUT2D eigenvalue weighted by Crippen LogP contribution is 2.14. The molecule has 1 heterocycles. The smallest absolute Gasteiger partial charge is 0.319 e. The monoisotopic (exact) mass is 409 g/mol. The highest BCUT2D eigenvalue weighted by molar-refractivity contribution is 7.91. The number of anilines is 1. The van der Waals surface area contributed by atoms with Crippen molar-refractivity contribution in [3.05, 3.63) is 89.7 Å². The number of aryl methyl sites for hydroxylation is 2. The Balaban J connectivity index is 1.49. The molecular weight excluding hydrogens is 386 g/mol. The molecule has 0 saturated carbocycles. The van der Waals surface area contributed by atoms with Gasteiger partial charge in [-0.1, -0.05) is 42.0 Å². The van der Waals surface area contributed by atoms with E-state index in [0.717, 1.165) is 11.1 Å². The molecule has 0 aliphatic carbocycles. The van der Waals surface area contributed by atoms with Crippen LogP contribution < -0.4 is 10.6 Å². The van der Waals surface area contributed by atoms with E-state index in [0.29, 0.717) is 18.7 Å². The summed E-state index contributed by atoms with van der Waals surface area (Å²) in [6.07, 6.45) is 3.29. The SMILES string of the molecule is Cc1ccc(CNC(=O)Nc2ccc(CCS(=O)(=O)c3cccnc3)cc2)cc1. The number of carbonyl (C=O) groups excluding carboxylic acids is 1. The van der Waals surface area contributed by atoms with Crippen molar-refractivity contribution in [1.29, 1.82) is 0 Å². The second kappa shape index (κ2) is 9.34. The number of benzene rings is 2. The molecule has 3 rings (SSSR count). The zero-order chi connectivity index (χ0) is 20.7. The predicted octanol–water partition coefficient (Wildman–Crippen LogP) is 3.73. The summed E-state index contributed by atoms with van der Waals surface area (Å²) in [6, 6.07) is 18.0. The molecule has 3 aromatic rings. The maximum absolute atomic E-state index is 12.3. The molecular formula is C22H23N3O3S. The zero-order valence-corrected chi connectivity index (χ0v) is 16.9. The van der Waals surface area contributed by atoms with Crippen molar-refractivity contribution in [2.24, 2.45) is 0 Å². The maximum atomic E-state index is 12.3. The Morgan fingerprint density at radius 2 is 1.66 bits per heavy atom. The lowest BCUT2D eigenvalue weighted by Crippen LogP contribution is -2.28. The van der Waals surface area contributed by atoms with Gasteiger partial charge in [-0.25, -0.2) is 13.2 Å². The second-order valence-electron chi connectivity index (χ2n) is 6.75. The van der Waals surface area contributed by atoms with Crippen molar-refractivity contribution >= 4 is 21.6 Å². The van der Waals surface area contributed by atoms with E-state index in [-0.39, 0.29) is 16.7 Å². The Morgan fingerprint density at radius 3 is 2.31 bits per heavy atom. The van der Waals surface area contributed by atoms with Crippen LogP contribution in [0.2, 0.25) is 0 Å². The number of hydrogen-bond donors (Lipinski definition) is 2. The van der Waals surface area contributed by atoms with Crippen LogP contribution in [0.15, 0.2) is 78.0 Å². The molecule has 0 saturated heterocycles. The number of hydrogen-bond acceptors (Lipinski definition) is 4. The fraction of sp³-hybridized carbons (Fsp3) is 0.182. The van der Waals surface area contributed by atoms with Crippen LogP contribution in [-0.4, -0.2) is 25.2 Å². The Hall–Kier alpha value is -3.19. The van der Waals surface area contributed by atoms with Crippen LogP contribution in [0.3, 0.4) is 0 Å². The van der Waals surface area contributed by atoms with Gasteiger partial charge in [0.05, 0.1) is 10.6 Å². The van der Waals surface area contributed by atoms with Crippen LogP contribution in [-0.2, 0) is 22.8 Å². The lowest BCUT2D eigenvalue weighted by Gasteiger charge is -2.09. The molecule has 0 aliphatic heterocycles. The van der Waals surface area contributed by atoms with Gasteiger partial charge in [-0.15, -0.1) is 0 Å². The minimum Gasteiger partial charge on any atom is -0.334 e. The first-order valence-corrected chi connectivity index (χ1v) is 10.9. The van der Waals surface area contributed by atoms with E-state index < -0.39 is 9.84 Å². The van der Waals surface area contributed by atoms with Crippen molar-refractivity contribution in [2.75, 3.05) is 11.1 Å². The summed E-state index contributed by atoms with van der Waals surface area (Å²) in [5.74, 6) is 0.00248. The number of nitrogens with one attached hydrogen (secondary N) is 2. The van der Waals surface area contributed by atoms with E-state index >= 15 is 0 Å². The minimum atomic E-state index is -3.37. The Labute approximate surface area is 170 Å². The lowest BCUT2D eigenvalue weighted by atomic mass is 10.1. The Bertz CT molecular complexity index is 1050. The molecule has 2 aromatic carbocycles. The molecule has 0 unspecified atom stereocenters. The van der Waals surface area contributed by atoms with E-state index in [1.165, 1.54) is 11.8 Å². The Morgan fingerprint density at radius 1 is 0.966 bits per heavy atom. The highest BCUT2D eigenvalue weighted by atomic mass is 32.2. The summed E-state index contributed by atoms with van der Waals surface area (Å²) in [5, 5.41) is 5.58. The highest BCUT2D eigenvalue weighted by Gasteiger charge is 2.14. The van der Waals surface area contributed by atoms with Gasteiger partial charge < -0.3 is 10.6 Å². The van der Waals surface area contributed by atoms with Crippen molar-refractivity contribution in [3.8, 4) is 0 Å². The van der Waals surface area contributed by atoms with Crippen molar-refractivity contribution in [2.45, 2.75) is 24.8 Å². The largest absolute Gasteiger partial charge is 0.334 e. The summed E-state index contributed by atoms with van der Waals surface area (Å²) in [7, 11) is -3.37. The molecule has 0 spiro atoms. The van der Waals surface area contributed by atoms with Crippen LogP contribution in [0.4, 0.5) is 10.5 Å². The molecule has 2 N–H and O–H groups in total. The van der Waals surface area contributed by atoms with Gasteiger partial charge in [-0.05, 0) is 48.7 Å². The normalized spacial score (nSPS) is 11.1. The summed E-state index contributed by atoms with van der Waals surface area (Å²) in [6.45, 7) is 2.46. The van der Waals surface area contributed by atoms with E-state index in [2.05, 4.69) is 15.6 Å². The first-order chi connectivity index (χ1) is 13.9. The topological polar surface area (TPSA) is 88.2 Å². The summed E-state index contributed by atoms with van der Waals surface area (Å²) < 4.78 is 24.6. The molecule has 0 bridgehead atoms. The molecule has 0 atom stereocenters. The van der Waals surface area contributed by atoms with Gasteiger partial charge in [0.25, 0.3) is 0 Å². The van der Waals surface area contributed by atoms with Gasteiger partial charge in [-0.3, -0.25) is 4.98 Å². The third kappa shape index (κ3) is 6.15. The van der Waals surface area contributed by atoms with Gasteiger partial charge in [-0.2, -0.15) is 0 Å². The third-order valence-electron chi connectivity index (χ3n) is 4.44. The number of nitrogens with zero attached hydrogens (tertiary/aromatic N) is 1. The molecule has 0 aliphatic rings. The van der Waals surface area contributed by atoms with Crippen molar-refractivity contribution < 1.29 is 13.2 Å². The number of urea groups is 1. The quantitative estimate of drug-likeness (QED) is 0.622. The first-order valence-electron chi connectivity index (χ1n) is 9.24. The van der Waals surface area contributed by atoms with Crippen LogP contribution >= 0.6 is 0 Å². The zero-order valence-electron chi connectivity index (χ0n) is 16.1. The molecule has 2 amide bonds. The summed E-state index contributed by atoms with van der Waals surface area (Å²) in [4.78, 5) is 16.1. The molecule has 7 heteroatoms. The van der Waals surface area contributed by atoms with Gasteiger partial charge in [0.1, 0.15) is 0 Å². The lowest BCUT2D eigenvalue weighted by molar-refractivity contribution is 0.251. The van der Waals surface area contributed by atoms with Crippen molar-refractivity contribution in [3.63, 3.8) is 0 Å². The summed E-state index contributed by atoms with van der Waals surface area (Å²) >= 11 is 0. The predicted molar refractivity (Wildman–Crippen MR) is 113 cm³/mol. The van der Waals surface area contributed by atoms with E-state index in [1.54, 1.807) is 30.5 Å². The molecule has 29 heavy (non-hydrogen) atoms. The van der Waals surface area contributed by atoms with Crippen LogP contribution in [0.5, 0.6) is 0 Å². The molecule has 150 valence electrons. The van der Waals surface area contributed by atoms with Crippen LogP contribution in [0, 0.1) is 6.92 Å². The fourth-order valence-electron chi connectivity index (χ4n) is 2.72. The maximum Gasteiger partial charge on any atom is 0.319 e. The molecule has 6 nitrogen and oxygen atoms in total. The number of rotatable bonds is 7. The van der Waals surface area contributed by atoms with Crippen LogP contribution in [0.25, 0.3) is 0 Å². The van der Waals surface area contributed by atoms with Gasteiger partial charge >= 0.3 is 6.03 Å². The first kappa shape index (κ1) is 20.5. The van der Waals surface area contributed by atoms with E-state index in [9.17, 15) is 13.2 Å². The van der Waals surface area contributed by atoms with Crippen LogP contribution in [0.1, 0.15) is 16.7 Å². The standard InChI is InChI=1S/C22H23N3O3S/c1-17-4-6-19(7-5-17)15-24-22(26)25-20-10-8-18(9-11-20)12-14-29(27,28)21-3-2-13-23-16-21/h2-11,13,16H,12,14-15H2,1H3,(H2,24,25,26). The second-order valence-corrected chi connectivity index (χ2v) is 8.86. The molecule has 1 aromatic heterocycles. The van der Waals surface area contributed by atoms with Gasteiger partial charge in [0.15, 0.2) is 9.84 Å². The number of carbonyl (C=O) groups is 1. The van der Waals surface area contributed by atoms with Gasteiger partial charge in [0.2, 0.25) is 0 Å². The van der Waals surface area contributed by atoms with E-state index in [1.807, 2.05) is 43.3 Å². The van der Waals surface area contributed by atoms with Crippen molar-refractivity contribution in [1.82, 2.24) is 10.3 Å². The minimum absolute atomic E-state index is 0.00248. The number of pyridine rings is 1. The molecule has 0 radical (unpaired) electrons. The number of amides is 2. The number of sulfone groups is 1. The average Bonchev–Trinajstić information content (AvgIpc) is 2.73. The fourth-order valence-corrected chi connectivity index (χ4v) is 3.97. The molecule has 0 fully saturated rings. The Kier molecular flexibility index (Phi) is 6.61. The summed E-state index contributed by atoms with van der Waals surface area (Å²) in [5.41, 5.74) is 3.72. The number of aromatic nitrogens is 1.